The Labute approximate surface area is 140 Å². The number of hydrogen-bond acceptors (Lipinski definition) is 4. The maximum absolute atomic E-state index is 12.4. The first-order valence-electron chi connectivity index (χ1n) is 7.58. The summed E-state index contributed by atoms with van der Waals surface area (Å²) < 4.78 is 24.4. The summed E-state index contributed by atoms with van der Waals surface area (Å²) in [6, 6.07) is 0.104. The normalized spacial score (nSPS) is 18.8. The summed E-state index contributed by atoms with van der Waals surface area (Å²) in [5.41, 5.74) is 6.00. The molecule has 1 amide bonds. The monoisotopic (exact) mass is 355 g/mol. The average Bonchev–Trinajstić information content (AvgIpc) is 2.42. The molecule has 8 heteroatoms. The van der Waals surface area contributed by atoms with Gasteiger partial charge in [-0.1, -0.05) is 13.8 Å². The second-order valence-corrected chi connectivity index (χ2v) is 8.38. The first-order chi connectivity index (χ1) is 9.62. The van der Waals surface area contributed by atoms with Crippen LogP contribution in [0.15, 0.2) is 0 Å². The Bertz CT molecular complexity index is 448. The van der Waals surface area contributed by atoms with Gasteiger partial charge in [0, 0.05) is 38.6 Å². The van der Waals surface area contributed by atoms with Crippen molar-refractivity contribution in [2.75, 3.05) is 32.9 Å². The summed E-state index contributed by atoms with van der Waals surface area (Å²) in [6.07, 6.45) is 3.22. The van der Waals surface area contributed by atoms with Gasteiger partial charge in [0.15, 0.2) is 0 Å². The van der Waals surface area contributed by atoms with Crippen LogP contribution < -0.4 is 5.73 Å². The van der Waals surface area contributed by atoms with E-state index in [2.05, 4.69) is 13.8 Å². The van der Waals surface area contributed by atoms with E-state index < -0.39 is 10.0 Å². The second-order valence-electron chi connectivity index (χ2n) is 6.39. The summed E-state index contributed by atoms with van der Waals surface area (Å²) in [5, 5.41) is 0. The second kappa shape index (κ2) is 9.05. The van der Waals surface area contributed by atoms with Gasteiger partial charge in [-0.05, 0) is 25.2 Å². The van der Waals surface area contributed by atoms with Crippen molar-refractivity contribution in [1.29, 1.82) is 0 Å². The highest BCUT2D eigenvalue weighted by atomic mass is 35.5. The molecule has 1 saturated heterocycles. The number of hydrogen-bond donors (Lipinski definition) is 1. The molecule has 0 spiro atoms. The Hall–Kier alpha value is -0.370. The number of nitrogens with two attached hydrogens (primary N) is 1. The maximum atomic E-state index is 12.4. The number of nitrogens with zero attached hydrogens (tertiary/aromatic N) is 2. The molecule has 22 heavy (non-hydrogen) atoms. The quantitative estimate of drug-likeness (QED) is 0.767. The minimum Gasteiger partial charge on any atom is -0.345 e. The van der Waals surface area contributed by atoms with Crippen LogP contribution in [0.2, 0.25) is 0 Å². The minimum atomic E-state index is -3.13. The lowest BCUT2D eigenvalue weighted by atomic mass is 9.96. The first kappa shape index (κ1) is 21.6. The third-order valence-electron chi connectivity index (χ3n) is 4.30. The fourth-order valence-corrected chi connectivity index (χ4v) is 3.41. The van der Waals surface area contributed by atoms with Crippen LogP contribution in [0, 0.1) is 11.8 Å². The first-order valence-corrected chi connectivity index (χ1v) is 9.43. The Morgan fingerprint density at radius 1 is 1.32 bits per heavy atom. The minimum absolute atomic E-state index is 0. The van der Waals surface area contributed by atoms with Crippen molar-refractivity contribution in [3.8, 4) is 0 Å². The molecule has 6 nitrogen and oxygen atoms in total. The van der Waals surface area contributed by atoms with Crippen LogP contribution in [-0.2, 0) is 14.8 Å². The molecule has 0 radical (unpaired) electrons. The van der Waals surface area contributed by atoms with Gasteiger partial charge in [0.25, 0.3) is 0 Å². The number of carbonyl (C=O) groups excluding carboxylic acids is 1. The zero-order chi connectivity index (χ0) is 16.2. The molecule has 0 aromatic heterocycles. The molecule has 1 aliphatic rings. The van der Waals surface area contributed by atoms with E-state index >= 15 is 0 Å². The smallest absolute Gasteiger partial charge is 0.225 e. The Morgan fingerprint density at radius 3 is 2.23 bits per heavy atom. The van der Waals surface area contributed by atoms with Gasteiger partial charge in [-0.2, -0.15) is 0 Å². The molecule has 0 saturated carbocycles. The number of halogens is 1. The maximum Gasteiger partial charge on any atom is 0.225 e. The van der Waals surface area contributed by atoms with Crippen LogP contribution in [0.3, 0.4) is 0 Å². The molecule has 132 valence electrons. The molecule has 1 aliphatic heterocycles. The standard InChI is InChI=1S/C14H29N3O3S.ClH/c1-11(2)13(15)7-8-16(3)14(18)12-5-9-17(10-6-12)21(4,19)20;/h11-13H,5-10,15H2,1-4H3;1H. The van der Waals surface area contributed by atoms with Crippen molar-refractivity contribution in [2.24, 2.45) is 17.6 Å². The van der Waals surface area contributed by atoms with Crippen molar-refractivity contribution in [1.82, 2.24) is 9.21 Å². The van der Waals surface area contributed by atoms with Crippen molar-refractivity contribution in [3.05, 3.63) is 0 Å². The molecule has 0 aromatic rings. The van der Waals surface area contributed by atoms with E-state index in [-0.39, 0.29) is 30.3 Å². The molecule has 2 N–H and O–H groups in total. The summed E-state index contributed by atoms with van der Waals surface area (Å²) in [4.78, 5) is 14.1. The molecule has 0 bridgehead atoms. The zero-order valence-corrected chi connectivity index (χ0v) is 15.6. The largest absolute Gasteiger partial charge is 0.345 e. The number of rotatable bonds is 6. The van der Waals surface area contributed by atoms with Crippen molar-refractivity contribution >= 4 is 28.3 Å². The molecule has 1 fully saturated rings. The Morgan fingerprint density at radius 2 is 1.82 bits per heavy atom. The van der Waals surface area contributed by atoms with Crippen LogP contribution in [0.25, 0.3) is 0 Å². The predicted molar refractivity (Wildman–Crippen MR) is 91.5 cm³/mol. The number of amides is 1. The number of carbonyl (C=O) groups is 1. The molecule has 1 rings (SSSR count). The predicted octanol–water partition coefficient (Wildman–Crippen LogP) is 0.912. The molecule has 0 aromatic carbocycles. The van der Waals surface area contributed by atoms with Gasteiger partial charge in [0.1, 0.15) is 0 Å². The average molecular weight is 356 g/mol. The third kappa shape index (κ3) is 6.40. The van der Waals surface area contributed by atoms with E-state index in [1.165, 1.54) is 10.6 Å². The summed E-state index contributed by atoms with van der Waals surface area (Å²) in [5.74, 6) is 0.453. The Kier molecular flexibility index (Phi) is 8.90. The number of sulfonamides is 1. The molecular weight excluding hydrogens is 326 g/mol. The van der Waals surface area contributed by atoms with E-state index in [9.17, 15) is 13.2 Å². The highest BCUT2D eigenvalue weighted by Gasteiger charge is 2.30. The number of piperidine rings is 1. The molecule has 1 unspecified atom stereocenters. The third-order valence-corrected chi connectivity index (χ3v) is 5.61. The van der Waals surface area contributed by atoms with Crippen LogP contribution in [-0.4, -0.2) is 62.5 Å². The topological polar surface area (TPSA) is 83.7 Å². The lowest BCUT2D eigenvalue weighted by Crippen LogP contribution is -2.44. The summed E-state index contributed by atoms with van der Waals surface area (Å²) >= 11 is 0. The van der Waals surface area contributed by atoms with Gasteiger partial charge in [0.2, 0.25) is 15.9 Å². The van der Waals surface area contributed by atoms with Crippen molar-refractivity contribution < 1.29 is 13.2 Å². The highest BCUT2D eigenvalue weighted by Crippen LogP contribution is 2.21. The zero-order valence-electron chi connectivity index (χ0n) is 14.0. The van der Waals surface area contributed by atoms with Crippen LogP contribution in [0.1, 0.15) is 33.1 Å². The van der Waals surface area contributed by atoms with Crippen LogP contribution in [0.4, 0.5) is 0 Å². The van der Waals surface area contributed by atoms with Gasteiger partial charge in [0.05, 0.1) is 6.26 Å². The van der Waals surface area contributed by atoms with Gasteiger partial charge in [-0.15, -0.1) is 12.4 Å². The van der Waals surface area contributed by atoms with Gasteiger partial charge < -0.3 is 10.6 Å². The summed E-state index contributed by atoms with van der Waals surface area (Å²) in [7, 11) is -1.33. The van der Waals surface area contributed by atoms with E-state index in [0.29, 0.717) is 38.4 Å². The Balaban J connectivity index is 0.00000441. The molecule has 1 atom stereocenters. The lowest BCUT2D eigenvalue weighted by molar-refractivity contribution is -0.135. The fourth-order valence-electron chi connectivity index (χ4n) is 2.53. The molecular formula is C14H30ClN3O3S. The molecule has 1 heterocycles. The van der Waals surface area contributed by atoms with Crippen LogP contribution >= 0.6 is 12.4 Å². The van der Waals surface area contributed by atoms with E-state index in [1.807, 2.05) is 0 Å². The van der Waals surface area contributed by atoms with Crippen molar-refractivity contribution in [3.63, 3.8) is 0 Å². The SMILES string of the molecule is CC(C)C(N)CCN(C)C(=O)C1CCN(S(C)(=O)=O)CC1.Cl. The van der Waals surface area contributed by atoms with Gasteiger partial charge in [-0.3, -0.25) is 4.79 Å². The fraction of sp³-hybridized carbons (Fsp3) is 0.929. The van der Waals surface area contributed by atoms with E-state index in [4.69, 9.17) is 5.73 Å². The van der Waals surface area contributed by atoms with Gasteiger partial charge in [-0.25, -0.2) is 12.7 Å². The van der Waals surface area contributed by atoms with E-state index in [1.54, 1.807) is 11.9 Å². The molecule has 0 aliphatic carbocycles. The highest BCUT2D eigenvalue weighted by molar-refractivity contribution is 7.88. The van der Waals surface area contributed by atoms with Crippen molar-refractivity contribution in [2.45, 2.75) is 39.2 Å². The van der Waals surface area contributed by atoms with E-state index in [0.717, 1.165) is 6.42 Å². The van der Waals surface area contributed by atoms with Gasteiger partial charge >= 0.3 is 0 Å². The summed E-state index contributed by atoms with van der Waals surface area (Å²) in [6.45, 7) is 5.69. The van der Waals surface area contributed by atoms with Crippen LogP contribution in [0.5, 0.6) is 0 Å². The lowest BCUT2D eigenvalue weighted by Gasteiger charge is -2.32.